The van der Waals surface area contributed by atoms with Gasteiger partial charge in [-0.05, 0) is 12.5 Å². The molecule has 1 heterocycles. The van der Waals surface area contributed by atoms with E-state index in [1.165, 1.54) is 4.90 Å². The summed E-state index contributed by atoms with van der Waals surface area (Å²) in [7, 11) is 2.18. The zero-order valence-corrected chi connectivity index (χ0v) is 11.2. The normalized spacial score (nSPS) is 27.8. The second kappa shape index (κ2) is 5.53. The van der Waals surface area contributed by atoms with Crippen LogP contribution in [0.4, 0.5) is 0 Å². The summed E-state index contributed by atoms with van der Waals surface area (Å²) >= 11 is 0. The van der Waals surface area contributed by atoms with Crippen molar-refractivity contribution in [3.05, 3.63) is 35.9 Å². The van der Waals surface area contributed by atoms with Gasteiger partial charge in [-0.25, -0.2) is 0 Å². The maximum Gasteiger partial charge on any atom is 0.317 e. The zero-order chi connectivity index (χ0) is 13.0. The summed E-state index contributed by atoms with van der Waals surface area (Å²) in [5.41, 5.74) is 0.688. The first-order valence-electron chi connectivity index (χ1n) is 6.73. The maximum atomic E-state index is 12.4. The van der Waals surface area contributed by atoms with Crippen LogP contribution < -0.4 is 4.90 Å². The Hall–Kier alpha value is -1.35. The van der Waals surface area contributed by atoms with Gasteiger partial charge in [0.05, 0.1) is 26.7 Å². The van der Waals surface area contributed by atoms with Crippen molar-refractivity contribution in [3.8, 4) is 0 Å². The molecule has 0 aromatic heterocycles. The first kappa shape index (κ1) is 13.1. The number of ether oxygens (including phenoxy) is 1. The lowest BCUT2D eigenvalue weighted by molar-refractivity contribution is -0.886. The average Bonchev–Trinajstić information content (AvgIpc) is 2.41. The van der Waals surface area contributed by atoms with E-state index >= 15 is 0 Å². The summed E-state index contributed by atoms with van der Waals surface area (Å²) in [6.45, 7) is 4.37. The van der Waals surface area contributed by atoms with Gasteiger partial charge in [0.2, 0.25) is 0 Å². The van der Waals surface area contributed by atoms with E-state index in [1.807, 2.05) is 25.1 Å². The standard InChI is InChI=1S/C15H21NO2/c1-3-18-14(17)15(9-11-16(2)12-10-15)13-7-5-4-6-8-13/h4-8H,3,9-12H2,1-2H3/p+1. The van der Waals surface area contributed by atoms with E-state index in [1.54, 1.807) is 0 Å². The molecular formula is C15H22NO2+. The molecular weight excluding hydrogens is 226 g/mol. The fourth-order valence-corrected chi connectivity index (χ4v) is 2.74. The van der Waals surface area contributed by atoms with Gasteiger partial charge in [0.1, 0.15) is 5.41 Å². The van der Waals surface area contributed by atoms with E-state index in [2.05, 4.69) is 19.2 Å². The van der Waals surface area contributed by atoms with Crippen LogP contribution in [0, 0.1) is 0 Å². The van der Waals surface area contributed by atoms with Crippen LogP contribution in [0.25, 0.3) is 0 Å². The van der Waals surface area contributed by atoms with Gasteiger partial charge in [-0.15, -0.1) is 0 Å². The van der Waals surface area contributed by atoms with E-state index in [-0.39, 0.29) is 5.97 Å². The highest BCUT2D eigenvalue weighted by Gasteiger charge is 2.45. The molecule has 1 N–H and O–H groups in total. The molecule has 0 aliphatic carbocycles. The summed E-state index contributed by atoms with van der Waals surface area (Å²) < 4.78 is 5.33. The second-order valence-corrected chi connectivity index (χ2v) is 5.13. The monoisotopic (exact) mass is 248 g/mol. The number of esters is 1. The molecule has 18 heavy (non-hydrogen) atoms. The Balaban J connectivity index is 2.31. The van der Waals surface area contributed by atoms with Crippen molar-refractivity contribution in [1.29, 1.82) is 0 Å². The fraction of sp³-hybridized carbons (Fsp3) is 0.533. The SMILES string of the molecule is CCOC(=O)C1(c2ccccc2)CC[NH+](C)CC1. The van der Waals surface area contributed by atoms with Crippen molar-refractivity contribution >= 4 is 5.97 Å². The van der Waals surface area contributed by atoms with Gasteiger partial charge in [-0.3, -0.25) is 4.79 Å². The Bertz CT molecular complexity index is 394. The smallest absolute Gasteiger partial charge is 0.317 e. The molecule has 1 fully saturated rings. The third-order valence-electron chi connectivity index (χ3n) is 3.95. The van der Waals surface area contributed by atoms with E-state index in [0.717, 1.165) is 31.5 Å². The highest BCUT2D eigenvalue weighted by molar-refractivity contribution is 5.83. The van der Waals surface area contributed by atoms with Gasteiger partial charge >= 0.3 is 5.97 Å². The van der Waals surface area contributed by atoms with Crippen LogP contribution in [-0.2, 0) is 14.9 Å². The summed E-state index contributed by atoms with van der Waals surface area (Å²) in [4.78, 5) is 13.9. The molecule has 98 valence electrons. The molecule has 0 spiro atoms. The molecule has 3 nitrogen and oxygen atoms in total. The minimum absolute atomic E-state index is 0.0521. The number of benzene rings is 1. The number of hydrogen-bond donors (Lipinski definition) is 1. The van der Waals surface area contributed by atoms with Crippen molar-refractivity contribution in [2.45, 2.75) is 25.2 Å². The van der Waals surface area contributed by atoms with Crippen molar-refractivity contribution in [2.75, 3.05) is 26.7 Å². The molecule has 0 unspecified atom stereocenters. The molecule has 1 saturated heterocycles. The van der Waals surface area contributed by atoms with Crippen LogP contribution in [0.15, 0.2) is 30.3 Å². The van der Waals surface area contributed by atoms with Crippen LogP contribution in [0.1, 0.15) is 25.3 Å². The summed E-state index contributed by atoms with van der Waals surface area (Å²) in [5.74, 6) is -0.0521. The Morgan fingerprint density at radius 1 is 1.28 bits per heavy atom. The summed E-state index contributed by atoms with van der Waals surface area (Å²) in [6.07, 6.45) is 1.75. The number of nitrogens with one attached hydrogen (secondary N) is 1. The number of piperidine rings is 1. The van der Waals surface area contributed by atoms with Gasteiger partial charge in [0, 0.05) is 12.8 Å². The number of hydrogen-bond acceptors (Lipinski definition) is 2. The maximum absolute atomic E-state index is 12.4. The minimum Gasteiger partial charge on any atom is -0.465 e. The predicted octanol–water partition coefficient (Wildman–Crippen LogP) is 0.796. The first-order chi connectivity index (χ1) is 8.69. The van der Waals surface area contributed by atoms with Gasteiger partial charge in [0.15, 0.2) is 0 Å². The van der Waals surface area contributed by atoms with E-state index in [9.17, 15) is 4.79 Å². The molecule has 1 aliphatic heterocycles. The molecule has 1 aliphatic rings. The third kappa shape index (κ3) is 2.41. The Labute approximate surface area is 109 Å². The van der Waals surface area contributed by atoms with Crippen molar-refractivity contribution in [1.82, 2.24) is 0 Å². The molecule has 1 aromatic carbocycles. The summed E-state index contributed by atoms with van der Waals surface area (Å²) in [5, 5.41) is 0. The van der Waals surface area contributed by atoms with E-state index < -0.39 is 5.41 Å². The molecule has 0 atom stereocenters. The van der Waals surface area contributed by atoms with Crippen LogP contribution in [0.2, 0.25) is 0 Å². The fourth-order valence-electron chi connectivity index (χ4n) is 2.74. The van der Waals surface area contributed by atoms with Crippen LogP contribution in [-0.4, -0.2) is 32.7 Å². The van der Waals surface area contributed by atoms with Crippen LogP contribution in [0.3, 0.4) is 0 Å². The Morgan fingerprint density at radius 3 is 2.44 bits per heavy atom. The van der Waals surface area contributed by atoms with Crippen LogP contribution >= 0.6 is 0 Å². The van der Waals surface area contributed by atoms with E-state index in [0.29, 0.717) is 6.61 Å². The lowest BCUT2D eigenvalue weighted by Gasteiger charge is -2.37. The quantitative estimate of drug-likeness (QED) is 0.802. The van der Waals surface area contributed by atoms with Gasteiger partial charge in [-0.1, -0.05) is 30.3 Å². The molecule has 2 rings (SSSR count). The average molecular weight is 248 g/mol. The minimum atomic E-state index is -0.420. The van der Waals surface area contributed by atoms with Crippen molar-refractivity contribution < 1.29 is 14.4 Å². The number of quaternary nitrogens is 1. The third-order valence-corrected chi connectivity index (χ3v) is 3.95. The second-order valence-electron chi connectivity index (χ2n) is 5.13. The predicted molar refractivity (Wildman–Crippen MR) is 70.6 cm³/mol. The lowest BCUT2D eigenvalue weighted by atomic mass is 9.73. The largest absolute Gasteiger partial charge is 0.465 e. The Kier molecular flexibility index (Phi) is 4.02. The summed E-state index contributed by atoms with van der Waals surface area (Å²) in [6, 6.07) is 10.1. The number of carbonyl (C=O) groups excluding carboxylic acids is 1. The Morgan fingerprint density at radius 2 is 1.89 bits per heavy atom. The van der Waals surface area contributed by atoms with Gasteiger partial charge in [0.25, 0.3) is 0 Å². The topological polar surface area (TPSA) is 30.7 Å². The highest BCUT2D eigenvalue weighted by Crippen LogP contribution is 2.33. The molecule has 0 saturated carbocycles. The number of likely N-dealkylation sites (tertiary alicyclic amines) is 1. The first-order valence-corrected chi connectivity index (χ1v) is 6.73. The van der Waals surface area contributed by atoms with Gasteiger partial charge in [-0.2, -0.15) is 0 Å². The molecule has 0 bridgehead atoms. The molecule has 0 radical (unpaired) electrons. The lowest BCUT2D eigenvalue weighted by Crippen LogP contribution is -3.10. The highest BCUT2D eigenvalue weighted by atomic mass is 16.5. The van der Waals surface area contributed by atoms with Crippen molar-refractivity contribution in [3.63, 3.8) is 0 Å². The number of carbonyl (C=O) groups is 1. The molecule has 1 aromatic rings. The number of rotatable bonds is 3. The molecule has 3 heteroatoms. The van der Waals surface area contributed by atoms with Crippen molar-refractivity contribution in [2.24, 2.45) is 0 Å². The molecule has 0 amide bonds. The van der Waals surface area contributed by atoms with E-state index in [4.69, 9.17) is 4.74 Å². The van der Waals surface area contributed by atoms with Crippen LogP contribution in [0.5, 0.6) is 0 Å². The zero-order valence-electron chi connectivity index (χ0n) is 11.2. The van der Waals surface area contributed by atoms with Gasteiger partial charge < -0.3 is 9.64 Å².